The summed E-state index contributed by atoms with van der Waals surface area (Å²) in [6.45, 7) is 6.57. The highest BCUT2D eigenvalue weighted by molar-refractivity contribution is 5.92. The number of allylic oxidation sites excluding steroid dienone is 1. The number of carbonyl (C=O) groups excluding carboxylic acids is 1. The molecule has 0 saturated heterocycles. The maximum Gasteiger partial charge on any atom is 0.338 e. The summed E-state index contributed by atoms with van der Waals surface area (Å²) in [6, 6.07) is 7.14. The van der Waals surface area contributed by atoms with Crippen molar-refractivity contribution in [2.24, 2.45) is 0 Å². The van der Waals surface area contributed by atoms with Crippen LogP contribution in [0.5, 0.6) is 5.75 Å². The number of rotatable bonds is 6. The van der Waals surface area contributed by atoms with E-state index in [2.05, 4.69) is 27.8 Å². The number of tetrazole rings is 1. The first-order valence-electron chi connectivity index (χ1n) is 8.31. The Morgan fingerprint density at radius 3 is 2.96 bits per heavy atom. The van der Waals surface area contributed by atoms with Gasteiger partial charge in [0.1, 0.15) is 11.8 Å². The Bertz CT molecular complexity index is 799. The number of anilines is 1. The Hall–Kier alpha value is -2.90. The van der Waals surface area contributed by atoms with Crippen LogP contribution in [0.3, 0.4) is 0 Å². The van der Waals surface area contributed by atoms with E-state index in [-0.39, 0.29) is 0 Å². The number of nitrogens with zero attached hydrogens (tertiary/aromatic N) is 4. The molecule has 1 N–H and O–H groups in total. The van der Waals surface area contributed by atoms with E-state index in [1.165, 1.54) is 0 Å². The van der Waals surface area contributed by atoms with Crippen molar-refractivity contribution in [1.82, 2.24) is 20.2 Å². The number of aromatic nitrogens is 4. The number of esters is 1. The van der Waals surface area contributed by atoms with Crippen molar-refractivity contribution in [3.05, 3.63) is 41.1 Å². The summed E-state index contributed by atoms with van der Waals surface area (Å²) < 4.78 is 12.5. The molecule has 3 rings (SSSR count). The Balaban J connectivity index is 2.05. The molecule has 2 heterocycles. The molecule has 1 aliphatic rings. The number of hydrogen-bond donors (Lipinski definition) is 1. The van der Waals surface area contributed by atoms with Crippen LogP contribution in [0.4, 0.5) is 5.95 Å². The minimum atomic E-state index is -0.476. The van der Waals surface area contributed by atoms with Gasteiger partial charge in [-0.15, -0.1) is 0 Å². The molecule has 132 valence electrons. The highest BCUT2D eigenvalue weighted by Crippen LogP contribution is 2.35. The van der Waals surface area contributed by atoms with Gasteiger partial charge in [-0.3, -0.25) is 0 Å². The van der Waals surface area contributed by atoms with Crippen molar-refractivity contribution >= 4 is 11.9 Å². The van der Waals surface area contributed by atoms with Gasteiger partial charge in [0.2, 0.25) is 5.95 Å². The molecule has 0 fully saturated rings. The lowest BCUT2D eigenvalue weighted by atomic mass is 9.95. The normalized spacial score (nSPS) is 16.2. The number of nitrogens with one attached hydrogen (secondary N) is 1. The van der Waals surface area contributed by atoms with Crippen LogP contribution in [0.25, 0.3) is 0 Å². The highest BCUT2D eigenvalue weighted by atomic mass is 16.5. The second-order valence-electron chi connectivity index (χ2n) is 5.65. The fourth-order valence-electron chi connectivity index (χ4n) is 2.79. The largest absolute Gasteiger partial charge is 0.494 e. The summed E-state index contributed by atoms with van der Waals surface area (Å²) in [5.74, 6) is 0.835. The van der Waals surface area contributed by atoms with Gasteiger partial charge in [-0.25, -0.2) is 4.79 Å². The van der Waals surface area contributed by atoms with E-state index >= 15 is 0 Å². The molecule has 0 saturated carbocycles. The van der Waals surface area contributed by atoms with Crippen LogP contribution in [-0.4, -0.2) is 39.4 Å². The second kappa shape index (κ2) is 7.33. The lowest BCUT2D eigenvalue weighted by molar-refractivity contribution is -0.139. The average molecular weight is 343 g/mol. The minimum Gasteiger partial charge on any atom is -0.494 e. The summed E-state index contributed by atoms with van der Waals surface area (Å²) in [6.07, 6.45) is 0.918. The molecule has 0 radical (unpaired) electrons. The first-order chi connectivity index (χ1) is 12.2. The number of ether oxygens (including phenoxy) is 2. The van der Waals surface area contributed by atoms with E-state index in [1.807, 2.05) is 31.2 Å². The zero-order valence-electron chi connectivity index (χ0n) is 14.5. The maximum atomic E-state index is 12.5. The molecule has 2 aromatic rings. The van der Waals surface area contributed by atoms with Gasteiger partial charge in [-0.1, -0.05) is 24.2 Å². The average Bonchev–Trinajstić information content (AvgIpc) is 3.07. The van der Waals surface area contributed by atoms with Crippen molar-refractivity contribution in [1.29, 1.82) is 0 Å². The summed E-state index contributed by atoms with van der Waals surface area (Å²) in [5, 5.41) is 14.8. The van der Waals surface area contributed by atoms with Crippen LogP contribution in [0.1, 0.15) is 38.8 Å². The lowest BCUT2D eigenvalue weighted by Gasteiger charge is -2.27. The van der Waals surface area contributed by atoms with Gasteiger partial charge >= 0.3 is 5.97 Å². The Labute approximate surface area is 145 Å². The van der Waals surface area contributed by atoms with Crippen molar-refractivity contribution in [3.8, 4) is 5.75 Å². The molecule has 8 heteroatoms. The zero-order chi connectivity index (χ0) is 17.8. The molecule has 0 aliphatic carbocycles. The SMILES string of the molecule is CCCOc1cccc(C2C(C(=O)OCC)=C(C)Nc3nnnn32)c1. The molecular weight excluding hydrogens is 322 g/mol. The van der Waals surface area contributed by atoms with Gasteiger partial charge in [0.05, 0.1) is 18.8 Å². The van der Waals surface area contributed by atoms with Crippen LogP contribution in [0.15, 0.2) is 35.5 Å². The van der Waals surface area contributed by atoms with Crippen molar-refractivity contribution in [2.45, 2.75) is 33.2 Å². The molecule has 1 aromatic heterocycles. The minimum absolute atomic E-state index is 0.296. The maximum absolute atomic E-state index is 12.5. The van der Waals surface area contributed by atoms with Crippen LogP contribution in [-0.2, 0) is 9.53 Å². The molecular formula is C17H21N5O3. The molecule has 1 aliphatic heterocycles. The number of benzene rings is 1. The lowest BCUT2D eigenvalue weighted by Crippen LogP contribution is -2.29. The van der Waals surface area contributed by atoms with Gasteiger partial charge in [0.15, 0.2) is 0 Å². The highest BCUT2D eigenvalue weighted by Gasteiger charge is 2.34. The third-order valence-corrected chi connectivity index (χ3v) is 3.86. The third-order valence-electron chi connectivity index (χ3n) is 3.86. The van der Waals surface area contributed by atoms with Crippen molar-refractivity contribution < 1.29 is 14.3 Å². The molecule has 1 atom stereocenters. The molecule has 0 spiro atoms. The molecule has 8 nitrogen and oxygen atoms in total. The zero-order valence-corrected chi connectivity index (χ0v) is 14.5. The quantitative estimate of drug-likeness (QED) is 0.805. The van der Waals surface area contributed by atoms with Crippen LogP contribution >= 0.6 is 0 Å². The standard InChI is InChI=1S/C17H21N5O3/c1-4-9-25-13-8-6-7-12(10-13)15-14(16(23)24-5-2)11(3)18-17-19-20-21-22(15)17/h6-8,10,15H,4-5,9H2,1-3H3,(H,18,19,21). The fraction of sp³-hybridized carbons (Fsp3) is 0.412. The van der Waals surface area contributed by atoms with E-state index in [1.54, 1.807) is 11.6 Å². The number of hydrogen-bond acceptors (Lipinski definition) is 7. The fourth-order valence-corrected chi connectivity index (χ4v) is 2.79. The van der Waals surface area contributed by atoms with Gasteiger partial charge < -0.3 is 14.8 Å². The van der Waals surface area contributed by atoms with Crippen molar-refractivity contribution in [3.63, 3.8) is 0 Å². The number of carbonyl (C=O) groups is 1. The van der Waals surface area contributed by atoms with E-state index in [0.717, 1.165) is 17.7 Å². The summed E-state index contributed by atoms with van der Waals surface area (Å²) >= 11 is 0. The smallest absolute Gasteiger partial charge is 0.338 e. The van der Waals surface area contributed by atoms with Gasteiger partial charge in [0.25, 0.3) is 0 Å². The summed E-state index contributed by atoms with van der Waals surface area (Å²) in [4.78, 5) is 12.5. The first-order valence-corrected chi connectivity index (χ1v) is 8.31. The van der Waals surface area contributed by atoms with Crippen LogP contribution in [0, 0.1) is 0 Å². The summed E-state index contributed by atoms with van der Waals surface area (Å²) in [7, 11) is 0. The molecule has 1 aromatic carbocycles. The molecule has 0 bridgehead atoms. The summed E-state index contributed by atoms with van der Waals surface area (Å²) in [5.41, 5.74) is 2.01. The predicted molar refractivity (Wildman–Crippen MR) is 91.1 cm³/mol. The Kier molecular flexibility index (Phi) is 4.97. The first kappa shape index (κ1) is 16.9. The van der Waals surface area contributed by atoms with Crippen LogP contribution < -0.4 is 10.1 Å². The number of fused-ring (bicyclic) bond motifs is 1. The van der Waals surface area contributed by atoms with E-state index in [0.29, 0.717) is 30.4 Å². The predicted octanol–water partition coefficient (Wildman–Crippen LogP) is 2.31. The molecule has 25 heavy (non-hydrogen) atoms. The molecule has 1 unspecified atom stereocenters. The van der Waals surface area contributed by atoms with Gasteiger partial charge in [0, 0.05) is 5.70 Å². The van der Waals surface area contributed by atoms with Gasteiger partial charge in [-0.2, -0.15) is 4.68 Å². The topological polar surface area (TPSA) is 91.2 Å². The van der Waals surface area contributed by atoms with E-state index in [9.17, 15) is 4.79 Å². The monoisotopic (exact) mass is 343 g/mol. The Morgan fingerprint density at radius 1 is 1.36 bits per heavy atom. The van der Waals surface area contributed by atoms with E-state index in [4.69, 9.17) is 9.47 Å². The van der Waals surface area contributed by atoms with Crippen LogP contribution in [0.2, 0.25) is 0 Å². The van der Waals surface area contributed by atoms with Crippen molar-refractivity contribution in [2.75, 3.05) is 18.5 Å². The van der Waals surface area contributed by atoms with E-state index < -0.39 is 12.0 Å². The molecule has 0 amide bonds. The van der Waals surface area contributed by atoms with Gasteiger partial charge in [-0.05, 0) is 48.4 Å². The third kappa shape index (κ3) is 3.33. The second-order valence-corrected chi connectivity index (χ2v) is 5.65. The Morgan fingerprint density at radius 2 is 2.20 bits per heavy atom.